The van der Waals surface area contributed by atoms with Crippen LogP contribution in [0, 0.1) is 64.1 Å². The van der Waals surface area contributed by atoms with Crippen LogP contribution >= 0.6 is 0 Å². The van der Waals surface area contributed by atoms with Crippen LogP contribution < -0.4 is 0 Å². The van der Waals surface area contributed by atoms with Gasteiger partial charge in [0, 0.05) is 12.3 Å². The molecule has 0 aliphatic heterocycles. The predicted octanol–water partition coefficient (Wildman–Crippen LogP) is 8.56. The first kappa shape index (κ1) is 23.8. The lowest BCUT2D eigenvalue weighted by Crippen LogP contribution is -2.55. The summed E-state index contributed by atoms with van der Waals surface area (Å²) in [4.78, 5) is 12.9. The molecule has 0 radical (unpaired) electrons. The van der Waals surface area contributed by atoms with E-state index >= 15 is 0 Å². The minimum absolute atomic E-state index is 0.325. The van der Waals surface area contributed by atoms with Gasteiger partial charge in [-0.05, 0) is 103 Å². The number of Topliss-reactive ketones (excluding diaryl/α,β-unsaturated/α-hetero) is 1. The summed E-state index contributed by atoms with van der Waals surface area (Å²) in [7, 11) is 0. The van der Waals surface area contributed by atoms with Crippen molar-refractivity contribution in [3.8, 4) is 0 Å². The number of carbonyl (C=O) groups is 1. The zero-order chi connectivity index (χ0) is 22.6. The molecule has 4 rings (SSSR count). The van der Waals surface area contributed by atoms with Crippen LogP contribution in [-0.4, -0.2) is 5.78 Å². The van der Waals surface area contributed by atoms with E-state index in [2.05, 4.69) is 48.5 Å². The van der Waals surface area contributed by atoms with Crippen LogP contribution in [0.3, 0.4) is 0 Å². The standard InChI is InChI=1S/C30H52O/c1-19(2)9-8-10-21(5)25-13-14-26-23-12-11-22-17-28(31)24(20(3)4)18-30(22,7)27(23)15-16-29(25,26)6/h19-27H,8-18H2,1-7H3/t21-,22?,23+,24?,25-,26+,27+,29-,30+/m1/s1. The fraction of sp³-hybridized carbons (Fsp3) is 0.967. The topological polar surface area (TPSA) is 17.1 Å². The van der Waals surface area contributed by atoms with Gasteiger partial charge >= 0.3 is 0 Å². The van der Waals surface area contributed by atoms with Crippen molar-refractivity contribution in [3.05, 3.63) is 0 Å². The molecule has 178 valence electrons. The molecule has 0 heterocycles. The van der Waals surface area contributed by atoms with Gasteiger partial charge in [0.1, 0.15) is 5.78 Å². The molecule has 31 heavy (non-hydrogen) atoms. The molecule has 9 atom stereocenters. The van der Waals surface area contributed by atoms with Crippen molar-refractivity contribution in [1.29, 1.82) is 0 Å². The van der Waals surface area contributed by atoms with Crippen molar-refractivity contribution in [2.75, 3.05) is 0 Å². The van der Waals surface area contributed by atoms with Gasteiger partial charge in [0.2, 0.25) is 0 Å². The van der Waals surface area contributed by atoms with E-state index in [9.17, 15) is 4.79 Å². The Labute approximate surface area is 193 Å². The van der Waals surface area contributed by atoms with Crippen LogP contribution in [0.1, 0.15) is 119 Å². The van der Waals surface area contributed by atoms with E-state index in [1.165, 1.54) is 64.2 Å². The summed E-state index contributed by atoms with van der Waals surface area (Å²) in [5.74, 6) is 7.58. The molecule has 0 spiro atoms. The molecule has 4 saturated carbocycles. The molecule has 0 amide bonds. The molecule has 1 nitrogen and oxygen atoms in total. The molecule has 0 N–H and O–H groups in total. The molecule has 0 aromatic carbocycles. The number of hydrogen-bond donors (Lipinski definition) is 0. The highest BCUT2D eigenvalue weighted by Crippen LogP contribution is 2.68. The molecular formula is C30H52O. The van der Waals surface area contributed by atoms with Gasteiger partial charge in [-0.2, -0.15) is 0 Å². The van der Waals surface area contributed by atoms with Crippen LogP contribution in [0.2, 0.25) is 0 Å². The summed E-state index contributed by atoms with van der Waals surface area (Å²) >= 11 is 0. The SMILES string of the molecule is CC(C)CCC[C@@H](C)[C@H]1CC[C@H]2[C@@H]3CCC4CC(=O)C(C(C)C)C[C@]4(C)[C@H]3CC[C@]12C. The smallest absolute Gasteiger partial charge is 0.136 e. The van der Waals surface area contributed by atoms with E-state index < -0.39 is 0 Å². The summed E-state index contributed by atoms with van der Waals surface area (Å²) in [6.45, 7) is 17.2. The predicted molar refractivity (Wildman–Crippen MR) is 132 cm³/mol. The van der Waals surface area contributed by atoms with Crippen molar-refractivity contribution in [3.63, 3.8) is 0 Å². The van der Waals surface area contributed by atoms with Gasteiger partial charge in [-0.3, -0.25) is 4.79 Å². The number of carbonyl (C=O) groups excluding carboxylic acids is 1. The highest BCUT2D eigenvalue weighted by Gasteiger charge is 2.61. The fourth-order valence-corrected chi connectivity index (χ4v) is 9.80. The second kappa shape index (κ2) is 8.79. The first-order valence-corrected chi connectivity index (χ1v) is 14.1. The lowest BCUT2D eigenvalue weighted by Gasteiger charge is -2.61. The first-order valence-electron chi connectivity index (χ1n) is 14.1. The lowest BCUT2D eigenvalue weighted by atomic mass is 9.43. The summed E-state index contributed by atoms with van der Waals surface area (Å²) in [5.41, 5.74) is 1.01. The van der Waals surface area contributed by atoms with Gasteiger partial charge in [-0.15, -0.1) is 0 Å². The van der Waals surface area contributed by atoms with Crippen LogP contribution in [0.5, 0.6) is 0 Å². The van der Waals surface area contributed by atoms with E-state index in [0.717, 1.165) is 41.9 Å². The fourth-order valence-electron chi connectivity index (χ4n) is 9.80. The average Bonchev–Trinajstić information content (AvgIpc) is 3.05. The lowest BCUT2D eigenvalue weighted by molar-refractivity contribution is -0.151. The average molecular weight is 429 g/mol. The van der Waals surface area contributed by atoms with E-state index in [-0.39, 0.29) is 0 Å². The minimum Gasteiger partial charge on any atom is -0.299 e. The Balaban J connectivity index is 1.49. The van der Waals surface area contributed by atoms with E-state index in [1.807, 2.05) is 0 Å². The number of hydrogen-bond acceptors (Lipinski definition) is 1. The van der Waals surface area contributed by atoms with Gasteiger partial charge < -0.3 is 0 Å². The Morgan fingerprint density at radius 2 is 1.58 bits per heavy atom. The number of rotatable bonds is 6. The molecule has 4 fully saturated rings. The molecule has 0 aromatic rings. The third-order valence-electron chi connectivity index (χ3n) is 11.6. The van der Waals surface area contributed by atoms with Gasteiger partial charge in [-0.25, -0.2) is 0 Å². The minimum atomic E-state index is 0.325. The highest BCUT2D eigenvalue weighted by atomic mass is 16.1. The first-order chi connectivity index (χ1) is 14.6. The summed E-state index contributed by atoms with van der Waals surface area (Å²) in [6, 6.07) is 0. The molecule has 0 bridgehead atoms. The maximum absolute atomic E-state index is 12.9. The zero-order valence-electron chi connectivity index (χ0n) is 21.9. The maximum Gasteiger partial charge on any atom is 0.136 e. The van der Waals surface area contributed by atoms with Crippen molar-refractivity contribution in [2.45, 2.75) is 119 Å². The second-order valence-electron chi connectivity index (χ2n) is 13.9. The van der Waals surface area contributed by atoms with E-state index in [0.29, 0.717) is 34.4 Å². The third kappa shape index (κ3) is 4.07. The Kier molecular flexibility index (Phi) is 6.75. The van der Waals surface area contributed by atoms with Crippen LogP contribution in [-0.2, 0) is 4.79 Å². The molecule has 2 unspecified atom stereocenters. The van der Waals surface area contributed by atoms with Gasteiger partial charge in [0.05, 0.1) is 0 Å². The Morgan fingerprint density at radius 3 is 2.26 bits per heavy atom. The number of ketones is 1. The Morgan fingerprint density at radius 1 is 0.871 bits per heavy atom. The molecule has 0 saturated heterocycles. The van der Waals surface area contributed by atoms with Gasteiger partial charge in [-0.1, -0.05) is 67.7 Å². The second-order valence-corrected chi connectivity index (χ2v) is 13.9. The molecule has 4 aliphatic rings. The third-order valence-corrected chi connectivity index (χ3v) is 11.6. The van der Waals surface area contributed by atoms with Crippen LogP contribution in [0.4, 0.5) is 0 Å². The zero-order valence-corrected chi connectivity index (χ0v) is 21.9. The largest absolute Gasteiger partial charge is 0.299 e. The van der Waals surface area contributed by atoms with Gasteiger partial charge in [0.25, 0.3) is 0 Å². The molecule has 4 aliphatic carbocycles. The molecular weight excluding hydrogens is 376 g/mol. The van der Waals surface area contributed by atoms with Crippen LogP contribution in [0.15, 0.2) is 0 Å². The van der Waals surface area contributed by atoms with Crippen molar-refractivity contribution in [1.82, 2.24) is 0 Å². The normalized spacial score (nSPS) is 46.0. The molecule has 1 heteroatoms. The van der Waals surface area contributed by atoms with Gasteiger partial charge in [0.15, 0.2) is 0 Å². The highest BCUT2D eigenvalue weighted by molar-refractivity contribution is 5.82. The van der Waals surface area contributed by atoms with Crippen molar-refractivity contribution >= 4 is 5.78 Å². The van der Waals surface area contributed by atoms with Crippen molar-refractivity contribution in [2.24, 2.45) is 64.1 Å². The number of fused-ring (bicyclic) bond motifs is 5. The van der Waals surface area contributed by atoms with E-state index in [1.54, 1.807) is 0 Å². The summed E-state index contributed by atoms with van der Waals surface area (Å²) in [5, 5.41) is 0. The Hall–Kier alpha value is -0.330. The van der Waals surface area contributed by atoms with Crippen LogP contribution in [0.25, 0.3) is 0 Å². The Bertz CT molecular complexity index is 649. The maximum atomic E-state index is 12.9. The molecule has 0 aromatic heterocycles. The monoisotopic (exact) mass is 428 g/mol. The quantitative estimate of drug-likeness (QED) is 0.414. The summed E-state index contributed by atoms with van der Waals surface area (Å²) in [6.07, 6.45) is 15.0. The van der Waals surface area contributed by atoms with Crippen molar-refractivity contribution < 1.29 is 4.79 Å². The summed E-state index contributed by atoms with van der Waals surface area (Å²) < 4.78 is 0. The van der Waals surface area contributed by atoms with E-state index in [4.69, 9.17) is 0 Å².